The summed E-state index contributed by atoms with van der Waals surface area (Å²) in [6, 6.07) is 7.17. The molecule has 0 aliphatic carbocycles. The number of hydrogen-bond donors (Lipinski definition) is 4. The van der Waals surface area contributed by atoms with Crippen LogP contribution in [0, 0.1) is 5.41 Å². The van der Waals surface area contributed by atoms with Gasteiger partial charge in [-0.1, -0.05) is 35.5 Å². The number of halogens is 1. The number of guanidine groups is 1. The fourth-order valence-electron chi connectivity index (χ4n) is 1.14. The molecule has 0 aliphatic rings. The lowest BCUT2D eigenvalue weighted by molar-refractivity contribution is -0.118. The molecule has 6 N–H and O–H groups in total. The third-order valence-corrected chi connectivity index (χ3v) is 3.00. The Hall–Kier alpha value is -1.73. The number of nitrogens with two attached hydrogens (primary N) is 2. The molecule has 102 valence electrons. The zero-order chi connectivity index (χ0) is 14.3. The quantitative estimate of drug-likeness (QED) is 0.488. The number of hydrogen-bond acceptors (Lipinski definition) is 3. The van der Waals surface area contributed by atoms with Gasteiger partial charge in [-0.15, -0.1) is 0 Å². The number of aliphatic imine (C=N–C) groups is 1. The van der Waals surface area contributed by atoms with Gasteiger partial charge in [-0.05, 0) is 17.7 Å². The number of nitrogens with one attached hydrogen (secondary N) is 2. The molecule has 1 rings (SSSR count). The second-order valence-electron chi connectivity index (χ2n) is 3.53. The maximum atomic E-state index is 11.5. The van der Waals surface area contributed by atoms with E-state index >= 15 is 0 Å². The summed E-state index contributed by atoms with van der Waals surface area (Å²) in [6.45, 7) is 0.409. The van der Waals surface area contributed by atoms with Crippen molar-refractivity contribution in [3.63, 3.8) is 0 Å². The number of carbonyl (C=O) groups is 1. The maximum Gasteiger partial charge on any atom is 0.230 e. The minimum Gasteiger partial charge on any atom is -0.370 e. The summed E-state index contributed by atoms with van der Waals surface area (Å²) in [5, 5.41) is 10.6. The van der Waals surface area contributed by atoms with Gasteiger partial charge in [0, 0.05) is 11.6 Å². The normalized spacial score (nSPS) is 9.74. The molecule has 0 spiro atoms. The van der Waals surface area contributed by atoms with Crippen LogP contribution >= 0.6 is 23.4 Å². The highest BCUT2D eigenvalue weighted by molar-refractivity contribution is 8.14. The van der Waals surface area contributed by atoms with Gasteiger partial charge in [-0.2, -0.15) is 4.99 Å². The Balaban J connectivity index is 2.30. The highest BCUT2D eigenvalue weighted by Crippen LogP contribution is 2.09. The Morgan fingerprint density at radius 1 is 1.37 bits per heavy atom. The Morgan fingerprint density at radius 2 is 2.00 bits per heavy atom. The Bertz CT molecular complexity index is 484. The minimum atomic E-state index is -0.199. The van der Waals surface area contributed by atoms with E-state index in [0.29, 0.717) is 11.6 Å². The molecule has 1 amide bonds. The number of nitrogens with zero attached hydrogens (tertiary/aromatic N) is 1. The van der Waals surface area contributed by atoms with E-state index in [2.05, 4.69) is 10.3 Å². The molecule has 0 unspecified atom stereocenters. The molecular formula is C11H14ClN5OS. The van der Waals surface area contributed by atoms with Crippen molar-refractivity contribution in [3.8, 4) is 0 Å². The molecule has 0 bridgehead atoms. The lowest BCUT2D eigenvalue weighted by Crippen LogP contribution is -2.26. The van der Waals surface area contributed by atoms with Gasteiger partial charge in [0.15, 0.2) is 11.1 Å². The molecule has 0 aliphatic heterocycles. The van der Waals surface area contributed by atoms with E-state index in [0.717, 1.165) is 17.3 Å². The number of amides is 1. The zero-order valence-electron chi connectivity index (χ0n) is 10.0. The third kappa shape index (κ3) is 6.68. The van der Waals surface area contributed by atoms with Crippen LogP contribution in [-0.4, -0.2) is 22.8 Å². The molecule has 0 radical (unpaired) electrons. The molecule has 8 heteroatoms. The first-order valence-corrected chi connectivity index (χ1v) is 6.66. The standard InChI is InChI=1S/C11H14ClN5OS/c12-8-3-1-7(2-4-8)5-16-9(18)6-19-11(15)17-10(13)14/h1-4H,5-6H2,(H,16,18)(H5,13,14,15,17). The highest BCUT2D eigenvalue weighted by atomic mass is 35.5. The minimum absolute atomic E-state index is 0.0865. The average molecular weight is 300 g/mol. The van der Waals surface area contributed by atoms with Crippen LogP contribution in [0.15, 0.2) is 29.3 Å². The van der Waals surface area contributed by atoms with Crippen LogP contribution in [0.5, 0.6) is 0 Å². The lowest BCUT2D eigenvalue weighted by Gasteiger charge is -2.05. The van der Waals surface area contributed by atoms with Crippen LogP contribution in [0.3, 0.4) is 0 Å². The van der Waals surface area contributed by atoms with Crippen LogP contribution in [0.2, 0.25) is 5.02 Å². The molecule has 0 saturated carbocycles. The van der Waals surface area contributed by atoms with Gasteiger partial charge in [0.1, 0.15) is 0 Å². The van der Waals surface area contributed by atoms with Gasteiger partial charge in [0.05, 0.1) is 5.75 Å². The number of thioether (sulfide) groups is 1. The first-order chi connectivity index (χ1) is 8.97. The highest BCUT2D eigenvalue weighted by Gasteiger charge is 2.04. The van der Waals surface area contributed by atoms with Crippen molar-refractivity contribution in [2.24, 2.45) is 16.5 Å². The molecule has 6 nitrogen and oxygen atoms in total. The van der Waals surface area contributed by atoms with E-state index in [9.17, 15) is 4.79 Å². The van der Waals surface area contributed by atoms with Crippen molar-refractivity contribution >= 4 is 40.4 Å². The summed E-state index contributed by atoms with van der Waals surface area (Å²) in [5.41, 5.74) is 11.2. The zero-order valence-corrected chi connectivity index (χ0v) is 11.6. The van der Waals surface area contributed by atoms with E-state index < -0.39 is 0 Å². The van der Waals surface area contributed by atoms with Gasteiger partial charge >= 0.3 is 0 Å². The second-order valence-corrected chi connectivity index (χ2v) is 4.93. The van der Waals surface area contributed by atoms with E-state index in [4.69, 9.17) is 28.5 Å². The van der Waals surface area contributed by atoms with Crippen LogP contribution < -0.4 is 16.8 Å². The van der Waals surface area contributed by atoms with Crippen LogP contribution in [0.4, 0.5) is 0 Å². The van der Waals surface area contributed by atoms with Crippen molar-refractivity contribution < 1.29 is 4.79 Å². The van der Waals surface area contributed by atoms with Gasteiger partial charge in [-0.3, -0.25) is 10.2 Å². The number of benzene rings is 1. The van der Waals surface area contributed by atoms with Crippen molar-refractivity contribution in [2.75, 3.05) is 5.75 Å². The third-order valence-electron chi connectivity index (χ3n) is 1.97. The number of rotatable bonds is 4. The van der Waals surface area contributed by atoms with E-state index in [1.807, 2.05) is 12.1 Å². The van der Waals surface area contributed by atoms with Crippen LogP contribution in [0.1, 0.15) is 5.56 Å². The van der Waals surface area contributed by atoms with Gasteiger partial charge < -0.3 is 16.8 Å². The summed E-state index contributed by atoms with van der Waals surface area (Å²) in [5.74, 6) is -0.307. The summed E-state index contributed by atoms with van der Waals surface area (Å²) in [6.07, 6.45) is 0. The van der Waals surface area contributed by atoms with Crippen molar-refractivity contribution in [2.45, 2.75) is 6.54 Å². The smallest absolute Gasteiger partial charge is 0.230 e. The molecule has 0 aromatic heterocycles. The fourth-order valence-corrected chi connectivity index (χ4v) is 1.80. The van der Waals surface area contributed by atoms with Crippen LogP contribution in [-0.2, 0) is 11.3 Å². The Kier molecular flexibility index (Phi) is 6.17. The van der Waals surface area contributed by atoms with E-state index in [-0.39, 0.29) is 22.8 Å². The molecule has 0 atom stereocenters. The molecule has 1 aromatic rings. The second kappa shape index (κ2) is 7.65. The van der Waals surface area contributed by atoms with Crippen molar-refractivity contribution in [3.05, 3.63) is 34.9 Å². The average Bonchev–Trinajstić information content (AvgIpc) is 2.35. The molecule has 0 saturated heterocycles. The maximum absolute atomic E-state index is 11.5. The fraction of sp³-hybridized carbons (Fsp3) is 0.182. The summed E-state index contributed by atoms with van der Waals surface area (Å²) in [7, 11) is 0. The van der Waals surface area contributed by atoms with Gasteiger partial charge in [-0.25, -0.2) is 0 Å². The largest absolute Gasteiger partial charge is 0.370 e. The summed E-state index contributed by atoms with van der Waals surface area (Å²) in [4.78, 5) is 15.0. The van der Waals surface area contributed by atoms with Crippen molar-refractivity contribution in [1.29, 1.82) is 5.41 Å². The summed E-state index contributed by atoms with van der Waals surface area (Å²) < 4.78 is 0. The Morgan fingerprint density at radius 3 is 2.58 bits per heavy atom. The SMILES string of the molecule is N=C(N=C(N)N)SCC(=O)NCc1ccc(Cl)cc1. The molecular weight excluding hydrogens is 286 g/mol. The van der Waals surface area contributed by atoms with Crippen molar-refractivity contribution in [1.82, 2.24) is 5.32 Å². The number of amidine groups is 1. The molecule has 1 aromatic carbocycles. The first kappa shape index (κ1) is 15.3. The predicted molar refractivity (Wildman–Crippen MR) is 79.3 cm³/mol. The molecule has 0 fully saturated rings. The molecule has 19 heavy (non-hydrogen) atoms. The topological polar surface area (TPSA) is 117 Å². The Labute approximate surface area is 120 Å². The summed E-state index contributed by atoms with van der Waals surface area (Å²) >= 11 is 6.71. The van der Waals surface area contributed by atoms with Gasteiger partial charge in [0.2, 0.25) is 5.91 Å². The lowest BCUT2D eigenvalue weighted by atomic mass is 10.2. The first-order valence-electron chi connectivity index (χ1n) is 5.29. The van der Waals surface area contributed by atoms with Crippen LogP contribution in [0.25, 0.3) is 0 Å². The predicted octanol–water partition coefficient (Wildman–Crippen LogP) is 0.898. The van der Waals surface area contributed by atoms with E-state index in [1.165, 1.54) is 0 Å². The number of carbonyl (C=O) groups excluding carboxylic acids is 1. The van der Waals surface area contributed by atoms with E-state index in [1.54, 1.807) is 12.1 Å². The van der Waals surface area contributed by atoms with Gasteiger partial charge in [0.25, 0.3) is 0 Å². The molecule has 0 heterocycles. The monoisotopic (exact) mass is 299 g/mol.